The van der Waals surface area contributed by atoms with Gasteiger partial charge in [0.1, 0.15) is 0 Å². The molecule has 0 amide bonds. The van der Waals surface area contributed by atoms with E-state index in [4.69, 9.17) is 9.16 Å². The molecule has 3 nitrogen and oxygen atoms in total. The minimum absolute atomic E-state index is 0.178. The van der Waals surface area contributed by atoms with Gasteiger partial charge in [0.2, 0.25) is 0 Å². The van der Waals surface area contributed by atoms with Crippen molar-refractivity contribution in [3.8, 4) is 0 Å². The molecular weight excluding hydrogens is 256 g/mol. The lowest BCUT2D eigenvalue weighted by Gasteiger charge is -2.36. The van der Waals surface area contributed by atoms with Gasteiger partial charge in [-0.25, -0.2) is 0 Å². The molecule has 0 saturated carbocycles. The average molecular weight is 289 g/mol. The fourth-order valence-corrected chi connectivity index (χ4v) is 2.58. The van der Waals surface area contributed by atoms with Crippen LogP contribution in [0.3, 0.4) is 0 Å². The summed E-state index contributed by atoms with van der Waals surface area (Å²) in [4.78, 5) is 10.6. The van der Waals surface area contributed by atoms with E-state index in [-0.39, 0.29) is 5.97 Å². The first-order chi connectivity index (χ1) is 8.67. The van der Waals surface area contributed by atoms with Crippen molar-refractivity contribution in [2.45, 2.75) is 77.9 Å². The molecule has 0 unspecified atom stereocenters. The smallest absolute Gasteiger partial charge is 0.302 e. The van der Waals surface area contributed by atoms with Crippen molar-refractivity contribution in [3.05, 3.63) is 0 Å². The molecule has 4 heteroatoms. The molecule has 0 aromatic rings. The fraction of sp³-hybridized carbons (Fsp3) is 0.933. The lowest BCUT2D eigenvalue weighted by atomic mass is 10.1. The van der Waals surface area contributed by atoms with E-state index >= 15 is 0 Å². The van der Waals surface area contributed by atoms with E-state index in [0.717, 1.165) is 25.9 Å². The normalized spacial score (nSPS) is 12.5. The number of hydrogen-bond acceptors (Lipinski definition) is 3. The van der Waals surface area contributed by atoms with Crippen LogP contribution in [0.1, 0.15) is 59.8 Å². The van der Waals surface area contributed by atoms with Gasteiger partial charge in [-0.1, -0.05) is 40.0 Å². The van der Waals surface area contributed by atoms with E-state index in [1.807, 2.05) is 0 Å². The highest BCUT2D eigenvalue weighted by molar-refractivity contribution is 6.74. The fourth-order valence-electron chi connectivity index (χ4n) is 1.49. The van der Waals surface area contributed by atoms with E-state index in [9.17, 15) is 4.79 Å². The molecule has 0 saturated heterocycles. The number of unbranched alkanes of at least 4 members (excludes halogenated alkanes) is 4. The highest BCUT2D eigenvalue weighted by atomic mass is 28.4. The second kappa shape index (κ2) is 8.75. The number of esters is 1. The first kappa shape index (κ1) is 18.6. The van der Waals surface area contributed by atoms with Crippen LogP contribution in [0.2, 0.25) is 18.1 Å². The van der Waals surface area contributed by atoms with Gasteiger partial charge in [-0.05, 0) is 31.0 Å². The molecule has 0 aromatic carbocycles. The molecule has 19 heavy (non-hydrogen) atoms. The van der Waals surface area contributed by atoms with Crippen molar-refractivity contribution in [2.24, 2.45) is 0 Å². The lowest BCUT2D eigenvalue weighted by Crippen LogP contribution is -2.40. The van der Waals surface area contributed by atoms with Crippen LogP contribution in [-0.4, -0.2) is 27.5 Å². The van der Waals surface area contributed by atoms with E-state index in [0.29, 0.717) is 11.6 Å². The third-order valence-corrected chi connectivity index (χ3v) is 8.40. The van der Waals surface area contributed by atoms with Crippen LogP contribution >= 0.6 is 0 Å². The molecule has 0 aromatic heterocycles. The first-order valence-corrected chi connectivity index (χ1v) is 10.3. The molecule has 0 bridgehead atoms. The minimum Gasteiger partial charge on any atom is -0.466 e. The van der Waals surface area contributed by atoms with E-state index in [2.05, 4.69) is 33.9 Å². The Balaban J connectivity index is 3.44. The average Bonchev–Trinajstić information content (AvgIpc) is 2.24. The quantitative estimate of drug-likeness (QED) is 0.355. The molecule has 0 heterocycles. The summed E-state index contributed by atoms with van der Waals surface area (Å²) in [6, 6.07) is 0. The minimum atomic E-state index is -1.56. The SMILES string of the molecule is CC(=O)OCCCCCCCO[Si](C)(C)C(C)(C)C. The molecule has 0 radical (unpaired) electrons. The summed E-state index contributed by atoms with van der Waals surface area (Å²) in [7, 11) is -1.56. The Labute approximate surface area is 120 Å². The predicted molar refractivity (Wildman–Crippen MR) is 82.9 cm³/mol. The number of ether oxygens (including phenoxy) is 1. The Hall–Kier alpha value is -0.353. The maximum Gasteiger partial charge on any atom is 0.302 e. The molecule has 0 aliphatic rings. The summed E-state index contributed by atoms with van der Waals surface area (Å²) >= 11 is 0. The molecular formula is C15H32O3Si. The van der Waals surface area contributed by atoms with Crippen molar-refractivity contribution in [1.29, 1.82) is 0 Å². The van der Waals surface area contributed by atoms with Crippen LogP contribution in [0.15, 0.2) is 0 Å². The van der Waals surface area contributed by atoms with Crippen LogP contribution in [0, 0.1) is 0 Å². The maximum atomic E-state index is 10.6. The number of carbonyl (C=O) groups is 1. The van der Waals surface area contributed by atoms with Crippen molar-refractivity contribution < 1.29 is 14.0 Å². The zero-order valence-electron chi connectivity index (χ0n) is 13.7. The van der Waals surface area contributed by atoms with Crippen LogP contribution < -0.4 is 0 Å². The van der Waals surface area contributed by atoms with Crippen LogP contribution in [0.25, 0.3) is 0 Å². The van der Waals surface area contributed by atoms with Gasteiger partial charge in [0, 0.05) is 13.5 Å². The van der Waals surface area contributed by atoms with E-state index in [1.165, 1.54) is 19.8 Å². The Morgan fingerprint density at radius 3 is 1.89 bits per heavy atom. The highest BCUT2D eigenvalue weighted by Gasteiger charge is 2.36. The maximum absolute atomic E-state index is 10.6. The van der Waals surface area contributed by atoms with Crippen LogP contribution in [-0.2, 0) is 14.0 Å². The molecule has 0 atom stereocenters. The second-order valence-electron chi connectivity index (χ2n) is 6.72. The van der Waals surface area contributed by atoms with Crippen molar-refractivity contribution >= 4 is 14.3 Å². The van der Waals surface area contributed by atoms with Crippen LogP contribution in [0.5, 0.6) is 0 Å². The first-order valence-electron chi connectivity index (χ1n) is 7.44. The monoisotopic (exact) mass is 288 g/mol. The van der Waals surface area contributed by atoms with Crippen molar-refractivity contribution in [1.82, 2.24) is 0 Å². The molecule has 0 fully saturated rings. The Kier molecular flexibility index (Phi) is 8.58. The molecule has 0 N–H and O–H groups in total. The summed E-state index contributed by atoms with van der Waals surface area (Å²) < 4.78 is 11.0. The van der Waals surface area contributed by atoms with Gasteiger partial charge in [-0.3, -0.25) is 4.79 Å². The van der Waals surface area contributed by atoms with Gasteiger partial charge in [-0.15, -0.1) is 0 Å². The van der Waals surface area contributed by atoms with Gasteiger partial charge in [0.05, 0.1) is 6.61 Å². The van der Waals surface area contributed by atoms with Crippen molar-refractivity contribution in [2.75, 3.05) is 13.2 Å². The second-order valence-corrected chi connectivity index (χ2v) is 11.5. The highest BCUT2D eigenvalue weighted by Crippen LogP contribution is 2.36. The van der Waals surface area contributed by atoms with E-state index < -0.39 is 8.32 Å². The number of hydrogen-bond donors (Lipinski definition) is 0. The summed E-state index contributed by atoms with van der Waals surface area (Å²) in [6.45, 7) is 14.3. The zero-order chi connectivity index (χ0) is 14.9. The summed E-state index contributed by atoms with van der Waals surface area (Å²) in [5.41, 5.74) is 0. The molecule has 0 aliphatic carbocycles. The van der Waals surface area contributed by atoms with Crippen LogP contribution in [0.4, 0.5) is 0 Å². The number of carbonyl (C=O) groups excluding carboxylic acids is 1. The largest absolute Gasteiger partial charge is 0.466 e. The Morgan fingerprint density at radius 1 is 0.947 bits per heavy atom. The molecule has 114 valence electrons. The molecule has 0 aliphatic heterocycles. The van der Waals surface area contributed by atoms with E-state index in [1.54, 1.807) is 0 Å². The third kappa shape index (κ3) is 9.22. The summed E-state index contributed by atoms with van der Waals surface area (Å²) in [6.07, 6.45) is 5.65. The summed E-state index contributed by atoms with van der Waals surface area (Å²) in [5, 5.41) is 0.303. The molecule has 0 rings (SSSR count). The van der Waals surface area contributed by atoms with Gasteiger partial charge >= 0.3 is 5.97 Å². The van der Waals surface area contributed by atoms with Gasteiger partial charge in [0.15, 0.2) is 8.32 Å². The van der Waals surface area contributed by atoms with Gasteiger partial charge in [0.25, 0.3) is 0 Å². The van der Waals surface area contributed by atoms with Gasteiger partial charge < -0.3 is 9.16 Å². The van der Waals surface area contributed by atoms with Gasteiger partial charge in [-0.2, -0.15) is 0 Å². The summed E-state index contributed by atoms with van der Waals surface area (Å²) in [5.74, 6) is -0.178. The molecule has 0 spiro atoms. The third-order valence-electron chi connectivity index (χ3n) is 3.86. The number of rotatable bonds is 9. The predicted octanol–water partition coefficient (Wildman–Crippen LogP) is 4.52. The topological polar surface area (TPSA) is 35.5 Å². The zero-order valence-corrected chi connectivity index (χ0v) is 14.7. The Morgan fingerprint density at radius 2 is 1.42 bits per heavy atom. The lowest BCUT2D eigenvalue weighted by molar-refractivity contribution is -0.141. The van der Waals surface area contributed by atoms with Crippen molar-refractivity contribution in [3.63, 3.8) is 0 Å². The Bertz CT molecular complexity index is 257. The standard InChI is InChI=1S/C15H32O3Si/c1-14(16)17-12-10-8-7-9-11-13-18-19(5,6)15(2,3)4/h7-13H2,1-6H3.